The third-order valence-corrected chi connectivity index (χ3v) is 3.25. The molecule has 0 spiro atoms. The van der Waals surface area contributed by atoms with E-state index in [2.05, 4.69) is 5.10 Å². The van der Waals surface area contributed by atoms with Gasteiger partial charge in [-0.15, -0.1) is 0 Å². The van der Waals surface area contributed by atoms with Gasteiger partial charge in [0.05, 0.1) is 6.04 Å². The summed E-state index contributed by atoms with van der Waals surface area (Å²) >= 11 is 0. The number of piperidine rings is 1. The summed E-state index contributed by atoms with van der Waals surface area (Å²) in [6.45, 7) is 4.18. The van der Waals surface area contributed by atoms with Crippen LogP contribution in [0.25, 0.3) is 0 Å². The topological polar surface area (TPSA) is 73.4 Å². The van der Waals surface area contributed by atoms with E-state index in [0.29, 0.717) is 18.5 Å². The molecule has 100 valence electrons. The molecular weight excluding hydrogens is 232 g/mol. The van der Waals surface area contributed by atoms with Gasteiger partial charge in [-0.2, -0.15) is 5.10 Å². The summed E-state index contributed by atoms with van der Waals surface area (Å²) in [5.41, 5.74) is 5.60. The van der Waals surface area contributed by atoms with Gasteiger partial charge in [-0.25, -0.2) is 0 Å². The van der Waals surface area contributed by atoms with Gasteiger partial charge in [0.15, 0.2) is 0 Å². The van der Waals surface area contributed by atoms with E-state index >= 15 is 0 Å². The number of hydrogen-bond donors (Lipinski definition) is 1. The van der Waals surface area contributed by atoms with Crippen LogP contribution >= 0.6 is 0 Å². The summed E-state index contributed by atoms with van der Waals surface area (Å²) in [5.74, 6) is 0.625. The molecule has 1 aromatic heterocycles. The molecule has 2 heterocycles. The standard InChI is InChI=1S/C12H20N4O2/c1-2-18-9-12(17)15-6-3-10(4-7-15)16-8-5-11(13)14-16/h5,8,10H,2-4,6-7,9H2,1H3,(H2,13,14). The predicted octanol–water partition coefficient (Wildman–Crippen LogP) is 0.665. The van der Waals surface area contributed by atoms with E-state index in [1.165, 1.54) is 0 Å². The minimum Gasteiger partial charge on any atom is -0.382 e. The number of aromatic nitrogens is 2. The zero-order valence-electron chi connectivity index (χ0n) is 10.7. The van der Waals surface area contributed by atoms with Crippen molar-refractivity contribution in [2.45, 2.75) is 25.8 Å². The lowest BCUT2D eigenvalue weighted by molar-refractivity contribution is -0.137. The number of hydrogen-bond acceptors (Lipinski definition) is 4. The van der Waals surface area contributed by atoms with Gasteiger partial charge >= 0.3 is 0 Å². The van der Waals surface area contributed by atoms with Crippen molar-refractivity contribution in [3.8, 4) is 0 Å². The van der Waals surface area contributed by atoms with E-state index in [-0.39, 0.29) is 12.5 Å². The first-order valence-electron chi connectivity index (χ1n) is 6.37. The van der Waals surface area contributed by atoms with Crippen molar-refractivity contribution in [3.05, 3.63) is 12.3 Å². The molecule has 0 aromatic carbocycles. The molecule has 0 bridgehead atoms. The monoisotopic (exact) mass is 252 g/mol. The minimum absolute atomic E-state index is 0.0790. The van der Waals surface area contributed by atoms with Gasteiger partial charge in [0, 0.05) is 25.9 Å². The number of nitrogen functional groups attached to an aromatic ring is 1. The van der Waals surface area contributed by atoms with Crippen molar-refractivity contribution in [2.24, 2.45) is 0 Å². The van der Waals surface area contributed by atoms with Crippen molar-refractivity contribution in [1.82, 2.24) is 14.7 Å². The Morgan fingerprint density at radius 3 is 2.83 bits per heavy atom. The highest BCUT2D eigenvalue weighted by Crippen LogP contribution is 2.22. The molecule has 0 atom stereocenters. The van der Waals surface area contributed by atoms with Crippen molar-refractivity contribution in [2.75, 3.05) is 32.0 Å². The van der Waals surface area contributed by atoms with Crippen molar-refractivity contribution in [3.63, 3.8) is 0 Å². The number of rotatable bonds is 4. The van der Waals surface area contributed by atoms with Crippen LogP contribution in [-0.4, -0.2) is 46.9 Å². The molecule has 6 heteroatoms. The normalized spacial score (nSPS) is 17.1. The van der Waals surface area contributed by atoms with Gasteiger partial charge in [0.1, 0.15) is 12.4 Å². The third kappa shape index (κ3) is 3.01. The van der Waals surface area contributed by atoms with Crippen molar-refractivity contribution in [1.29, 1.82) is 0 Å². The first-order valence-corrected chi connectivity index (χ1v) is 6.37. The fourth-order valence-corrected chi connectivity index (χ4v) is 2.22. The average molecular weight is 252 g/mol. The summed E-state index contributed by atoms with van der Waals surface area (Å²) in [4.78, 5) is 13.6. The molecule has 1 aromatic rings. The second kappa shape index (κ2) is 5.86. The van der Waals surface area contributed by atoms with Crippen LogP contribution in [-0.2, 0) is 9.53 Å². The van der Waals surface area contributed by atoms with Crippen LogP contribution in [0.4, 0.5) is 5.82 Å². The number of carbonyl (C=O) groups excluding carboxylic acids is 1. The van der Waals surface area contributed by atoms with Gasteiger partial charge < -0.3 is 15.4 Å². The quantitative estimate of drug-likeness (QED) is 0.854. The fraction of sp³-hybridized carbons (Fsp3) is 0.667. The molecule has 0 saturated carbocycles. The molecule has 18 heavy (non-hydrogen) atoms. The molecule has 0 unspecified atom stereocenters. The lowest BCUT2D eigenvalue weighted by Crippen LogP contribution is -2.41. The van der Waals surface area contributed by atoms with Gasteiger partial charge in [-0.1, -0.05) is 0 Å². The molecule has 0 radical (unpaired) electrons. The van der Waals surface area contributed by atoms with Gasteiger partial charge in [0.2, 0.25) is 5.91 Å². The average Bonchev–Trinajstić information content (AvgIpc) is 2.83. The van der Waals surface area contributed by atoms with Crippen LogP contribution in [0.3, 0.4) is 0 Å². The maximum absolute atomic E-state index is 11.8. The number of ether oxygens (including phenoxy) is 1. The first-order chi connectivity index (χ1) is 8.70. The zero-order valence-corrected chi connectivity index (χ0v) is 10.7. The van der Waals surface area contributed by atoms with Gasteiger partial charge in [-0.05, 0) is 25.8 Å². The van der Waals surface area contributed by atoms with E-state index in [1.807, 2.05) is 22.7 Å². The highest BCUT2D eigenvalue weighted by Gasteiger charge is 2.23. The Hall–Kier alpha value is -1.56. The highest BCUT2D eigenvalue weighted by molar-refractivity contribution is 5.77. The molecule has 1 aliphatic heterocycles. The van der Waals surface area contributed by atoms with Crippen LogP contribution in [0.5, 0.6) is 0 Å². The number of amides is 1. The number of nitrogens with zero attached hydrogens (tertiary/aromatic N) is 3. The van der Waals surface area contributed by atoms with E-state index in [4.69, 9.17) is 10.5 Å². The SMILES string of the molecule is CCOCC(=O)N1CCC(n2ccc(N)n2)CC1. The summed E-state index contributed by atoms with van der Waals surface area (Å²) in [6, 6.07) is 2.14. The van der Waals surface area contributed by atoms with Crippen LogP contribution in [0.15, 0.2) is 12.3 Å². The smallest absolute Gasteiger partial charge is 0.248 e. The number of anilines is 1. The van der Waals surface area contributed by atoms with Gasteiger partial charge in [0.25, 0.3) is 0 Å². The Labute approximate surface area is 107 Å². The zero-order chi connectivity index (χ0) is 13.0. The van der Waals surface area contributed by atoms with Gasteiger partial charge in [-0.3, -0.25) is 9.48 Å². The largest absolute Gasteiger partial charge is 0.382 e. The maximum Gasteiger partial charge on any atom is 0.248 e. The molecule has 1 aliphatic rings. The van der Waals surface area contributed by atoms with E-state index in [0.717, 1.165) is 25.9 Å². The minimum atomic E-state index is 0.0790. The molecule has 2 rings (SSSR count). The Morgan fingerprint density at radius 1 is 1.56 bits per heavy atom. The Bertz CT molecular complexity index is 397. The fourth-order valence-electron chi connectivity index (χ4n) is 2.22. The Balaban J connectivity index is 1.82. The molecule has 2 N–H and O–H groups in total. The van der Waals surface area contributed by atoms with E-state index < -0.39 is 0 Å². The molecule has 1 amide bonds. The lowest BCUT2D eigenvalue weighted by Gasteiger charge is -2.32. The van der Waals surface area contributed by atoms with Crippen molar-refractivity contribution < 1.29 is 9.53 Å². The number of likely N-dealkylation sites (tertiary alicyclic amines) is 1. The highest BCUT2D eigenvalue weighted by atomic mass is 16.5. The van der Waals surface area contributed by atoms with E-state index in [9.17, 15) is 4.79 Å². The number of nitrogens with two attached hydrogens (primary N) is 1. The summed E-state index contributed by atoms with van der Waals surface area (Å²) in [7, 11) is 0. The summed E-state index contributed by atoms with van der Waals surface area (Å²) in [5, 5.41) is 4.22. The molecule has 6 nitrogen and oxygen atoms in total. The Kier molecular flexibility index (Phi) is 4.19. The Morgan fingerprint density at radius 2 is 2.28 bits per heavy atom. The van der Waals surface area contributed by atoms with Crippen LogP contribution < -0.4 is 5.73 Å². The summed E-state index contributed by atoms with van der Waals surface area (Å²) < 4.78 is 7.04. The second-order valence-corrected chi connectivity index (χ2v) is 4.47. The lowest BCUT2D eigenvalue weighted by atomic mass is 10.1. The molecule has 1 fully saturated rings. The summed E-state index contributed by atoms with van der Waals surface area (Å²) in [6.07, 6.45) is 3.73. The first kappa shape index (κ1) is 12.9. The predicted molar refractivity (Wildman–Crippen MR) is 68.0 cm³/mol. The molecular formula is C12H20N4O2. The van der Waals surface area contributed by atoms with Crippen molar-refractivity contribution >= 4 is 11.7 Å². The molecule has 0 aliphatic carbocycles. The van der Waals surface area contributed by atoms with Crippen LogP contribution in [0, 0.1) is 0 Å². The molecule has 1 saturated heterocycles. The van der Waals surface area contributed by atoms with Crippen LogP contribution in [0.2, 0.25) is 0 Å². The van der Waals surface area contributed by atoms with Crippen LogP contribution in [0.1, 0.15) is 25.8 Å². The third-order valence-electron chi connectivity index (χ3n) is 3.25. The maximum atomic E-state index is 11.8. The number of carbonyl (C=O) groups is 1. The second-order valence-electron chi connectivity index (χ2n) is 4.47. The van der Waals surface area contributed by atoms with E-state index in [1.54, 1.807) is 6.07 Å².